The second-order valence-electron chi connectivity index (χ2n) is 8.43. The zero-order chi connectivity index (χ0) is 27.7. The number of carbonyl (C=O) groups is 2. The summed E-state index contributed by atoms with van der Waals surface area (Å²) in [6, 6.07) is 7.05. The monoisotopic (exact) mass is 519 g/mol. The van der Waals surface area contributed by atoms with Gasteiger partial charge in [-0.15, -0.1) is 6.42 Å². The highest BCUT2D eigenvalue weighted by Gasteiger charge is 2.25. The molecule has 1 aliphatic heterocycles. The van der Waals surface area contributed by atoms with E-state index in [0.717, 1.165) is 16.8 Å². The van der Waals surface area contributed by atoms with Gasteiger partial charge in [0.1, 0.15) is 5.76 Å². The summed E-state index contributed by atoms with van der Waals surface area (Å²) in [6.45, 7) is 15.2. The number of halogens is 1. The van der Waals surface area contributed by atoms with Crippen LogP contribution in [0.15, 0.2) is 28.8 Å². The lowest BCUT2D eigenvalue weighted by atomic mass is 10.1. The van der Waals surface area contributed by atoms with E-state index in [9.17, 15) is 14.7 Å². The minimum atomic E-state index is -0.375. The lowest BCUT2D eigenvalue weighted by Crippen LogP contribution is -2.30. The lowest BCUT2D eigenvalue weighted by Gasteiger charge is -2.13. The van der Waals surface area contributed by atoms with Gasteiger partial charge >= 0.3 is 0 Å². The molecule has 1 saturated heterocycles. The zero-order valence-corrected chi connectivity index (χ0v) is 23.4. The maximum Gasteiger partial charge on any atom is 0.230 e. The summed E-state index contributed by atoms with van der Waals surface area (Å²) in [5.41, 5.74) is 2.46. The van der Waals surface area contributed by atoms with Gasteiger partial charge in [0.05, 0.1) is 24.3 Å². The Hall–Kier alpha value is -2.82. The van der Waals surface area contributed by atoms with Gasteiger partial charge in [0.25, 0.3) is 0 Å². The number of nitrogens with one attached hydrogen (secondary N) is 1. The Labute approximate surface area is 221 Å². The molecular formula is C28H42ClN3O4. The molecular weight excluding hydrogens is 478 g/mol. The van der Waals surface area contributed by atoms with E-state index in [2.05, 4.69) is 30.2 Å². The molecule has 7 nitrogen and oxygen atoms in total. The number of benzene rings is 1. The molecule has 2 aromatic rings. The number of carbonyl (C=O) groups excluding carboxylic acids is 2. The number of hydrogen-bond donors (Lipinski definition) is 2. The van der Waals surface area contributed by atoms with E-state index in [1.54, 1.807) is 17.0 Å². The van der Waals surface area contributed by atoms with Crippen molar-refractivity contribution in [1.82, 2.24) is 15.4 Å². The number of rotatable bonds is 6. The van der Waals surface area contributed by atoms with Crippen LogP contribution in [-0.4, -0.2) is 46.7 Å². The molecule has 3 rings (SSSR count). The molecule has 2 N–H and O–H groups in total. The Bertz CT molecular complexity index is 953. The molecule has 0 aliphatic carbocycles. The molecule has 1 aromatic heterocycles. The molecule has 2 amide bonds. The molecule has 0 bridgehead atoms. The number of nitrogens with zero attached hydrogens (tertiary/aromatic N) is 2. The van der Waals surface area contributed by atoms with Crippen LogP contribution in [0.4, 0.5) is 0 Å². The largest absolute Gasteiger partial charge is 0.391 e. The van der Waals surface area contributed by atoms with Crippen molar-refractivity contribution < 1.29 is 19.2 Å². The predicted molar refractivity (Wildman–Crippen MR) is 146 cm³/mol. The fourth-order valence-corrected chi connectivity index (χ4v) is 3.42. The average Bonchev–Trinajstić information content (AvgIpc) is 3.50. The van der Waals surface area contributed by atoms with Crippen LogP contribution in [-0.2, 0) is 16.0 Å². The third-order valence-corrected chi connectivity index (χ3v) is 5.29. The molecule has 1 aromatic carbocycles. The SMILES string of the molecule is C#Cc1ccc(C(C)NC=O)c(Cl)c1.CC.CC(C)c1cc(CC(=O)N2CCC(O)C2)on1.CCC. The first-order valence-electron chi connectivity index (χ1n) is 12.5. The van der Waals surface area contributed by atoms with Gasteiger partial charge in [-0.1, -0.05) is 76.7 Å². The topological polar surface area (TPSA) is 95.7 Å². The van der Waals surface area contributed by atoms with E-state index in [1.165, 1.54) is 6.42 Å². The van der Waals surface area contributed by atoms with Crippen molar-refractivity contribution in [2.75, 3.05) is 13.1 Å². The first-order valence-corrected chi connectivity index (χ1v) is 12.9. The van der Waals surface area contributed by atoms with Crippen LogP contribution in [0.2, 0.25) is 5.02 Å². The predicted octanol–water partition coefficient (Wildman–Crippen LogP) is 5.50. The molecule has 36 heavy (non-hydrogen) atoms. The highest BCUT2D eigenvalue weighted by Crippen LogP contribution is 2.23. The Kier molecular flexibility index (Phi) is 17.0. The van der Waals surface area contributed by atoms with Crippen molar-refractivity contribution in [2.24, 2.45) is 0 Å². The van der Waals surface area contributed by atoms with Gasteiger partial charge in [-0.2, -0.15) is 0 Å². The zero-order valence-electron chi connectivity index (χ0n) is 22.7. The summed E-state index contributed by atoms with van der Waals surface area (Å²) in [6.07, 6.45) is 7.64. The summed E-state index contributed by atoms with van der Waals surface area (Å²) in [5.74, 6) is 3.38. The molecule has 2 heterocycles. The number of likely N-dealkylation sites (tertiary alicyclic amines) is 1. The standard InChI is InChI=1S/C12H18N2O3.C11H10ClNO.C3H8.C2H6/c1-8(2)11-5-10(17-13-11)6-12(16)14-4-3-9(15)7-14;1-3-9-4-5-10(11(12)6-9)8(2)13-7-14;1-3-2;1-2/h5,8-9,15H,3-4,6-7H2,1-2H3;1,4-8H,2H3,(H,13,14);3H2,1-2H3;1-2H3. The van der Waals surface area contributed by atoms with Crippen molar-refractivity contribution in [2.45, 2.75) is 85.8 Å². The fraction of sp³-hybridized carbons (Fsp3) is 0.536. The number of aromatic nitrogens is 1. The summed E-state index contributed by atoms with van der Waals surface area (Å²) >= 11 is 5.99. The first kappa shape index (κ1) is 33.2. The van der Waals surface area contributed by atoms with Gasteiger partial charge in [-0.3, -0.25) is 9.59 Å². The Morgan fingerprint density at radius 1 is 1.33 bits per heavy atom. The minimum absolute atomic E-state index is 0.00648. The van der Waals surface area contributed by atoms with E-state index in [1.807, 2.05) is 46.8 Å². The molecule has 8 heteroatoms. The van der Waals surface area contributed by atoms with Gasteiger partial charge in [0, 0.05) is 29.7 Å². The Morgan fingerprint density at radius 2 is 1.97 bits per heavy atom. The summed E-state index contributed by atoms with van der Waals surface area (Å²) in [4.78, 5) is 23.8. The second-order valence-corrected chi connectivity index (χ2v) is 8.83. The van der Waals surface area contributed by atoms with Crippen molar-refractivity contribution >= 4 is 23.9 Å². The van der Waals surface area contributed by atoms with Crippen LogP contribution >= 0.6 is 11.6 Å². The van der Waals surface area contributed by atoms with Crippen LogP contribution in [0.25, 0.3) is 0 Å². The Morgan fingerprint density at radius 3 is 2.42 bits per heavy atom. The van der Waals surface area contributed by atoms with Gasteiger partial charge < -0.3 is 19.8 Å². The van der Waals surface area contributed by atoms with Crippen molar-refractivity contribution in [3.05, 3.63) is 51.9 Å². The maximum atomic E-state index is 11.9. The molecule has 0 spiro atoms. The van der Waals surface area contributed by atoms with Crippen molar-refractivity contribution in [3.63, 3.8) is 0 Å². The van der Waals surface area contributed by atoms with E-state index in [-0.39, 0.29) is 24.5 Å². The molecule has 1 aliphatic rings. The number of aliphatic hydroxyl groups excluding tert-OH is 1. The third-order valence-electron chi connectivity index (χ3n) is 4.96. The van der Waals surface area contributed by atoms with E-state index >= 15 is 0 Å². The van der Waals surface area contributed by atoms with Crippen LogP contribution in [0.5, 0.6) is 0 Å². The first-order chi connectivity index (χ1) is 17.2. The Balaban J connectivity index is 0.000000586. The quantitative estimate of drug-likeness (QED) is 0.388. The number of terminal acetylenes is 1. The van der Waals surface area contributed by atoms with Crippen LogP contribution in [0.3, 0.4) is 0 Å². The van der Waals surface area contributed by atoms with Crippen LogP contribution in [0.1, 0.15) is 95.8 Å². The number of β-amino-alcohol motifs (C(OH)–C–C–N with tert-alkyl or cyclic N) is 1. The highest BCUT2D eigenvalue weighted by molar-refractivity contribution is 6.31. The fourth-order valence-electron chi connectivity index (χ4n) is 3.07. The smallest absolute Gasteiger partial charge is 0.230 e. The number of aliphatic hydroxyl groups is 1. The maximum absolute atomic E-state index is 11.9. The molecule has 200 valence electrons. The number of amides is 2. The summed E-state index contributed by atoms with van der Waals surface area (Å²) in [7, 11) is 0. The van der Waals surface area contributed by atoms with Gasteiger partial charge in [-0.05, 0) is 37.0 Å². The second kappa shape index (κ2) is 18.4. The third kappa shape index (κ3) is 11.7. The molecule has 0 saturated carbocycles. The van der Waals surface area contributed by atoms with E-state index in [4.69, 9.17) is 22.5 Å². The lowest BCUT2D eigenvalue weighted by molar-refractivity contribution is -0.130. The summed E-state index contributed by atoms with van der Waals surface area (Å²) < 4.78 is 5.12. The van der Waals surface area contributed by atoms with Gasteiger partial charge in [0.15, 0.2) is 0 Å². The minimum Gasteiger partial charge on any atom is -0.391 e. The molecule has 1 fully saturated rings. The van der Waals surface area contributed by atoms with E-state index in [0.29, 0.717) is 42.6 Å². The summed E-state index contributed by atoms with van der Waals surface area (Å²) in [5, 5.41) is 16.5. The normalized spacial score (nSPS) is 14.7. The number of hydrogen-bond acceptors (Lipinski definition) is 5. The molecule has 0 radical (unpaired) electrons. The van der Waals surface area contributed by atoms with Crippen molar-refractivity contribution in [3.8, 4) is 12.3 Å². The van der Waals surface area contributed by atoms with E-state index < -0.39 is 0 Å². The van der Waals surface area contributed by atoms with Crippen LogP contribution < -0.4 is 5.32 Å². The average molecular weight is 520 g/mol. The molecule has 2 atom stereocenters. The highest BCUT2D eigenvalue weighted by atomic mass is 35.5. The van der Waals surface area contributed by atoms with Crippen molar-refractivity contribution in [1.29, 1.82) is 0 Å². The van der Waals surface area contributed by atoms with Gasteiger partial charge in [0.2, 0.25) is 12.3 Å². The molecule has 2 unspecified atom stereocenters. The van der Waals surface area contributed by atoms with Crippen LogP contribution in [0, 0.1) is 12.3 Å². The van der Waals surface area contributed by atoms with Gasteiger partial charge in [-0.25, -0.2) is 0 Å².